The normalized spacial score (nSPS) is 12.6. The van der Waals surface area contributed by atoms with Crippen molar-refractivity contribution >= 4 is 58.2 Å². The SMILES string of the molecule is CN(C(=O)[C@H]1CCN(C#N)C1)c1cccc(-c2ccccc2)n1.CNc1cccc(-c2ccccc2)n1.CNc1cccc(Cl)n1.Clc1cccc(Cl)n1. The second kappa shape index (κ2) is 21.7. The molecule has 276 valence electrons. The zero-order valence-corrected chi connectivity index (χ0v) is 32.3. The average Bonchev–Trinajstić information content (AvgIpc) is 3.71. The molecule has 0 spiro atoms. The topological polar surface area (TPSA) is 123 Å². The van der Waals surface area contributed by atoms with Gasteiger partial charge in [-0.1, -0.05) is 120 Å². The minimum Gasteiger partial charge on any atom is -0.373 e. The van der Waals surface area contributed by atoms with Gasteiger partial charge < -0.3 is 15.5 Å². The highest BCUT2D eigenvalue weighted by Crippen LogP contribution is 2.24. The molecule has 10 nitrogen and oxygen atoms in total. The van der Waals surface area contributed by atoms with Gasteiger partial charge in [0.15, 0.2) is 6.19 Å². The average molecular weight is 781 g/mol. The van der Waals surface area contributed by atoms with Crippen molar-refractivity contribution in [2.45, 2.75) is 6.42 Å². The molecule has 1 saturated heterocycles. The minimum absolute atomic E-state index is 0.0143. The Morgan fingerprint density at radius 2 is 1.15 bits per heavy atom. The third-order valence-corrected chi connectivity index (χ3v) is 8.52. The summed E-state index contributed by atoms with van der Waals surface area (Å²) in [4.78, 5) is 32.5. The van der Waals surface area contributed by atoms with E-state index in [9.17, 15) is 4.79 Å². The van der Waals surface area contributed by atoms with Gasteiger partial charge in [-0.2, -0.15) is 5.26 Å². The van der Waals surface area contributed by atoms with Crippen LogP contribution in [0.4, 0.5) is 17.5 Å². The van der Waals surface area contributed by atoms with Crippen LogP contribution in [-0.2, 0) is 4.79 Å². The summed E-state index contributed by atoms with van der Waals surface area (Å²) in [7, 11) is 5.42. The van der Waals surface area contributed by atoms with E-state index in [1.54, 1.807) is 48.2 Å². The van der Waals surface area contributed by atoms with Crippen LogP contribution in [0, 0.1) is 17.4 Å². The van der Waals surface area contributed by atoms with Gasteiger partial charge in [-0.05, 0) is 55.0 Å². The van der Waals surface area contributed by atoms with Crippen molar-refractivity contribution < 1.29 is 4.79 Å². The van der Waals surface area contributed by atoms with Gasteiger partial charge in [0.2, 0.25) is 5.91 Å². The Morgan fingerprint density at radius 3 is 1.61 bits per heavy atom. The van der Waals surface area contributed by atoms with Crippen LogP contribution >= 0.6 is 34.8 Å². The second-order valence-corrected chi connectivity index (χ2v) is 12.7. The van der Waals surface area contributed by atoms with Gasteiger partial charge in [-0.25, -0.2) is 19.9 Å². The van der Waals surface area contributed by atoms with Crippen molar-refractivity contribution in [1.82, 2.24) is 24.8 Å². The number of carbonyl (C=O) groups is 1. The first kappa shape index (κ1) is 41.0. The minimum atomic E-state index is -0.137. The third kappa shape index (κ3) is 13.0. The van der Waals surface area contributed by atoms with Crippen molar-refractivity contribution in [2.75, 3.05) is 49.8 Å². The lowest BCUT2D eigenvalue weighted by Crippen LogP contribution is -2.34. The molecule has 1 fully saturated rings. The summed E-state index contributed by atoms with van der Waals surface area (Å²) >= 11 is 16.5. The summed E-state index contributed by atoms with van der Waals surface area (Å²) in [5, 5.41) is 16.2. The van der Waals surface area contributed by atoms with Crippen molar-refractivity contribution in [1.29, 1.82) is 5.26 Å². The fourth-order valence-corrected chi connectivity index (χ4v) is 5.63. The number of benzene rings is 2. The molecule has 0 aliphatic carbocycles. The fourth-order valence-electron chi connectivity index (χ4n) is 5.09. The molecular formula is C41H40Cl3N9O. The van der Waals surface area contributed by atoms with Gasteiger partial charge >= 0.3 is 0 Å². The number of carbonyl (C=O) groups excluding carboxylic acids is 1. The smallest absolute Gasteiger partial charge is 0.232 e. The maximum absolute atomic E-state index is 12.6. The second-order valence-electron chi connectivity index (χ2n) is 11.6. The molecular weight excluding hydrogens is 741 g/mol. The summed E-state index contributed by atoms with van der Waals surface area (Å²) in [5.41, 5.74) is 4.00. The predicted octanol–water partition coefficient (Wildman–Crippen LogP) is 9.47. The monoisotopic (exact) mass is 779 g/mol. The van der Waals surface area contributed by atoms with Gasteiger partial charge in [0.05, 0.1) is 17.3 Å². The molecule has 4 aromatic heterocycles. The summed E-state index contributed by atoms with van der Waals surface area (Å²) in [6.45, 7) is 1.15. The van der Waals surface area contributed by atoms with E-state index in [-0.39, 0.29) is 11.8 Å². The fraction of sp³-hybridized carbons (Fsp3) is 0.171. The first-order valence-corrected chi connectivity index (χ1v) is 18.1. The van der Waals surface area contributed by atoms with E-state index in [0.717, 1.165) is 40.6 Å². The quantitative estimate of drug-likeness (QED) is 0.126. The number of amides is 1. The Hall–Kier alpha value is -5.73. The number of nitriles is 1. The van der Waals surface area contributed by atoms with E-state index in [4.69, 9.17) is 40.1 Å². The van der Waals surface area contributed by atoms with Crippen molar-refractivity contribution in [3.05, 3.63) is 149 Å². The van der Waals surface area contributed by atoms with Gasteiger partial charge in [-0.15, -0.1) is 0 Å². The van der Waals surface area contributed by atoms with Crippen LogP contribution in [0.3, 0.4) is 0 Å². The standard InChI is InChI=1S/C18H18N4O.C12H12N2.C6H7ClN2.C5H3Cl2N/c1-21(18(23)15-10-11-22(12-15)13-19)17-9-5-8-16(20-17)14-6-3-2-4-7-14;1-13-12-9-5-8-11(14-12)10-6-3-2-4-7-10;1-8-6-4-2-3-5(7)9-6;6-4-2-1-3-5(7)8-4/h2-9,15H,10-12H2,1H3;2-9H,1H3,(H,13,14);2-4H,1H3,(H,8,9);1-3H/t15-;;;/m0.../s1. The van der Waals surface area contributed by atoms with Crippen molar-refractivity contribution in [3.8, 4) is 28.7 Å². The number of anilines is 3. The Morgan fingerprint density at radius 1 is 0.667 bits per heavy atom. The number of hydrogen-bond donors (Lipinski definition) is 2. The summed E-state index contributed by atoms with van der Waals surface area (Å²) < 4.78 is 0. The predicted molar refractivity (Wildman–Crippen MR) is 221 cm³/mol. The number of nitrogens with one attached hydrogen (secondary N) is 2. The summed E-state index contributed by atoms with van der Waals surface area (Å²) in [5.74, 6) is 2.20. The number of hydrogen-bond acceptors (Lipinski definition) is 9. The molecule has 0 saturated carbocycles. The molecule has 5 heterocycles. The molecule has 1 amide bonds. The van der Waals surface area contributed by atoms with Crippen molar-refractivity contribution in [2.24, 2.45) is 5.92 Å². The van der Waals surface area contributed by atoms with Gasteiger partial charge in [0.1, 0.15) is 32.9 Å². The highest BCUT2D eigenvalue weighted by molar-refractivity contribution is 6.32. The maximum Gasteiger partial charge on any atom is 0.232 e. The Balaban J connectivity index is 0.000000177. The molecule has 1 aliphatic rings. The number of pyridine rings is 4. The van der Waals surface area contributed by atoms with Crippen molar-refractivity contribution in [3.63, 3.8) is 0 Å². The Bertz CT molecular complexity index is 2080. The van der Waals surface area contributed by atoms with Gasteiger partial charge in [0.25, 0.3) is 0 Å². The van der Waals surface area contributed by atoms with Crippen LogP contribution in [0.1, 0.15) is 6.42 Å². The van der Waals surface area contributed by atoms with E-state index >= 15 is 0 Å². The number of rotatable bonds is 6. The Kier molecular flexibility index (Phi) is 16.5. The van der Waals surface area contributed by atoms with E-state index < -0.39 is 0 Å². The molecule has 0 unspecified atom stereocenters. The number of halogens is 3. The van der Waals surface area contributed by atoms with Crippen LogP contribution in [0.15, 0.2) is 133 Å². The van der Waals surface area contributed by atoms with E-state index in [2.05, 4.69) is 48.9 Å². The van der Waals surface area contributed by atoms with E-state index in [0.29, 0.717) is 34.4 Å². The summed E-state index contributed by atoms with van der Waals surface area (Å²) in [6.07, 6.45) is 2.82. The highest BCUT2D eigenvalue weighted by Gasteiger charge is 2.30. The van der Waals surface area contributed by atoms with E-state index in [1.165, 1.54) is 0 Å². The van der Waals surface area contributed by atoms with Gasteiger partial charge in [-0.3, -0.25) is 9.69 Å². The number of aromatic nitrogens is 4. The van der Waals surface area contributed by atoms with Crippen LogP contribution in [0.5, 0.6) is 0 Å². The largest absolute Gasteiger partial charge is 0.373 e. The molecule has 7 rings (SSSR count). The van der Waals surface area contributed by atoms with Gasteiger partial charge in [0, 0.05) is 45.4 Å². The first-order valence-electron chi connectivity index (χ1n) is 16.9. The van der Waals surface area contributed by atoms with Crippen LogP contribution in [0.2, 0.25) is 15.5 Å². The molecule has 2 N–H and O–H groups in total. The molecule has 6 aromatic rings. The molecule has 0 bridgehead atoms. The Labute approximate surface area is 331 Å². The highest BCUT2D eigenvalue weighted by atomic mass is 35.5. The van der Waals surface area contributed by atoms with E-state index in [1.807, 2.05) is 104 Å². The summed E-state index contributed by atoms with van der Waals surface area (Å²) in [6, 6.07) is 42.2. The lowest BCUT2D eigenvalue weighted by molar-refractivity contribution is -0.121. The molecule has 1 aliphatic heterocycles. The third-order valence-electron chi connectivity index (χ3n) is 7.88. The molecule has 13 heteroatoms. The van der Waals surface area contributed by atoms with Crippen LogP contribution in [0.25, 0.3) is 22.5 Å². The molecule has 1 atom stereocenters. The molecule has 54 heavy (non-hydrogen) atoms. The zero-order chi connectivity index (χ0) is 38.7. The van der Waals surface area contributed by atoms with Crippen LogP contribution in [-0.4, -0.2) is 65.0 Å². The van der Waals surface area contributed by atoms with Crippen LogP contribution < -0.4 is 15.5 Å². The zero-order valence-electron chi connectivity index (χ0n) is 30.1. The lowest BCUT2D eigenvalue weighted by atomic mass is 10.1. The molecule has 2 aromatic carbocycles. The molecule has 0 radical (unpaired) electrons. The lowest BCUT2D eigenvalue weighted by Gasteiger charge is -2.20. The number of nitrogens with zero attached hydrogens (tertiary/aromatic N) is 7. The number of likely N-dealkylation sites (tertiary alicyclic amines) is 1. The first-order chi connectivity index (χ1) is 26.2. The maximum atomic E-state index is 12.6.